The zero-order valence-electron chi connectivity index (χ0n) is 8.29. The molecule has 0 atom stereocenters. The molecule has 4 N–H and O–H groups in total. The topological polar surface area (TPSA) is 128 Å². The number of carbonyl (C=O) groups is 2. The molecule has 0 spiro atoms. The van der Waals surface area contributed by atoms with Crippen LogP contribution in [0.3, 0.4) is 0 Å². The molecule has 0 aliphatic rings. The molecular weight excluding hydrogens is 220 g/mol. The van der Waals surface area contributed by atoms with Crippen LogP contribution in [0.25, 0.3) is 0 Å². The van der Waals surface area contributed by atoms with Crippen LogP contribution in [0, 0.1) is 0 Å². The molecule has 0 saturated carbocycles. The van der Waals surface area contributed by atoms with Crippen molar-refractivity contribution in [1.29, 1.82) is 0 Å². The zero-order chi connectivity index (χ0) is 12.6. The van der Waals surface area contributed by atoms with Crippen LogP contribution in [0.1, 0.15) is 27.5 Å². The summed E-state index contributed by atoms with van der Waals surface area (Å²) in [5.74, 6) is -3.31. The molecule has 1 aromatic rings. The van der Waals surface area contributed by atoms with Crippen LogP contribution in [0.4, 0.5) is 0 Å². The number of hydrogen-bond donors (Lipinski definition) is 4. The average Bonchev–Trinajstić information content (AvgIpc) is 2.68. The summed E-state index contributed by atoms with van der Waals surface area (Å²) in [6.45, 7) is 0.188. The largest absolute Gasteiger partial charge is 0.475 e. The standard InChI is InChI=1S/C6H4O5.C3H8O2/c7-5(8)3-1-2-4(11-3)6(9)10;4-2-1-3-5/h1-2H,(H,7,8)(H,9,10);4-5H,1-3H2. The van der Waals surface area contributed by atoms with Crippen LogP contribution < -0.4 is 0 Å². The Morgan fingerprint density at radius 1 is 1.00 bits per heavy atom. The molecule has 0 bridgehead atoms. The number of rotatable bonds is 4. The molecule has 0 radical (unpaired) electrons. The van der Waals surface area contributed by atoms with Crippen molar-refractivity contribution < 1.29 is 34.4 Å². The molecule has 7 nitrogen and oxygen atoms in total. The average molecular weight is 232 g/mol. The van der Waals surface area contributed by atoms with Gasteiger partial charge in [0.25, 0.3) is 0 Å². The number of aliphatic hydroxyl groups excluding tert-OH is 2. The smallest absolute Gasteiger partial charge is 0.371 e. The molecule has 0 aliphatic heterocycles. The highest BCUT2D eigenvalue weighted by molar-refractivity contribution is 5.88. The van der Waals surface area contributed by atoms with E-state index >= 15 is 0 Å². The summed E-state index contributed by atoms with van der Waals surface area (Å²) in [5.41, 5.74) is 0. The lowest BCUT2D eigenvalue weighted by molar-refractivity contribution is 0.0631. The molecular formula is C9H12O7. The lowest BCUT2D eigenvalue weighted by Gasteiger charge is -1.84. The third-order valence-corrected chi connectivity index (χ3v) is 1.34. The minimum atomic E-state index is -1.28. The Kier molecular flexibility index (Phi) is 6.57. The SMILES string of the molecule is O=C(O)c1ccc(C(=O)O)o1.OCCCO. The first-order valence-corrected chi connectivity index (χ1v) is 4.31. The Morgan fingerprint density at radius 3 is 1.50 bits per heavy atom. The number of hydrogen-bond acceptors (Lipinski definition) is 5. The lowest BCUT2D eigenvalue weighted by Crippen LogP contribution is -1.94. The molecule has 90 valence electrons. The lowest BCUT2D eigenvalue weighted by atomic mass is 10.4. The maximum atomic E-state index is 10.2. The summed E-state index contributed by atoms with van der Waals surface area (Å²) in [6.07, 6.45) is 0.500. The molecule has 0 aliphatic carbocycles. The third-order valence-electron chi connectivity index (χ3n) is 1.34. The second-order valence-electron chi connectivity index (χ2n) is 2.57. The van der Waals surface area contributed by atoms with Crippen molar-refractivity contribution in [3.8, 4) is 0 Å². The Balaban J connectivity index is 0.000000385. The van der Waals surface area contributed by atoms with Gasteiger partial charge in [0.15, 0.2) is 0 Å². The van der Waals surface area contributed by atoms with Crippen LogP contribution in [0.15, 0.2) is 16.5 Å². The summed E-state index contributed by atoms with van der Waals surface area (Å²) < 4.78 is 4.41. The monoisotopic (exact) mass is 232 g/mol. The van der Waals surface area contributed by atoms with Gasteiger partial charge in [-0.25, -0.2) is 9.59 Å². The van der Waals surface area contributed by atoms with Crippen LogP contribution in [0.5, 0.6) is 0 Å². The minimum absolute atomic E-state index is 0.0938. The van der Waals surface area contributed by atoms with Crippen LogP contribution >= 0.6 is 0 Å². The number of carboxylic acids is 2. The van der Waals surface area contributed by atoms with E-state index in [-0.39, 0.29) is 24.7 Å². The van der Waals surface area contributed by atoms with E-state index in [0.29, 0.717) is 6.42 Å². The van der Waals surface area contributed by atoms with E-state index < -0.39 is 11.9 Å². The zero-order valence-corrected chi connectivity index (χ0v) is 8.29. The van der Waals surface area contributed by atoms with Gasteiger partial charge in [0.2, 0.25) is 11.5 Å². The second-order valence-corrected chi connectivity index (χ2v) is 2.57. The summed E-state index contributed by atoms with van der Waals surface area (Å²) >= 11 is 0. The van der Waals surface area contributed by atoms with Gasteiger partial charge in [-0.15, -0.1) is 0 Å². The summed E-state index contributed by atoms with van der Waals surface area (Å²) in [5, 5.41) is 32.4. The quantitative estimate of drug-likeness (QED) is 0.576. The summed E-state index contributed by atoms with van der Waals surface area (Å²) in [6, 6.07) is 2.18. The Bertz CT molecular complexity index is 311. The van der Waals surface area contributed by atoms with E-state index in [4.69, 9.17) is 20.4 Å². The predicted molar refractivity (Wildman–Crippen MR) is 51.4 cm³/mol. The Labute approximate surface area is 90.6 Å². The van der Waals surface area contributed by atoms with Crippen molar-refractivity contribution in [2.45, 2.75) is 6.42 Å². The first-order valence-electron chi connectivity index (χ1n) is 4.31. The van der Waals surface area contributed by atoms with Gasteiger partial charge in [-0.2, -0.15) is 0 Å². The number of aliphatic hydroxyl groups is 2. The van der Waals surface area contributed by atoms with Crippen molar-refractivity contribution in [3.05, 3.63) is 23.7 Å². The minimum Gasteiger partial charge on any atom is -0.475 e. The fraction of sp³-hybridized carbons (Fsp3) is 0.333. The van der Waals surface area contributed by atoms with Gasteiger partial charge in [-0.3, -0.25) is 0 Å². The van der Waals surface area contributed by atoms with Gasteiger partial charge in [0, 0.05) is 13.2 Å². The van der Waals surface area contributed by atoms with Crippen molar-refractivity contribution in [2.75, 3.05) is 13.2 Å². The van der Waals surface area contributed by atoms with E-state index in [1.165, 1.54) is 0 Å². The van der Waals surface area contributed by atoms with Gasteiger partial charge >= 0.3 is 11.9 Å². The molecule has 1 rings (SSSR count). The van der Waals surface area contributed by atoms with Gasteiger partial charge in [0.05, 0.1) is 0 Å². The fourth-order valence-electron chi connectivity index (χ4n) is 0.638. The van der Waals surface area contributed by atoms with Crippen LogP contribution in [0.2, 0.25) is 0 Å². The second kappa shape index (κ2) is 7.43. The molecule has 1 aromatic heterocycles. The van der Waals surface area contributed by atoms with E-state index in [1.807, 2.05) is 0 Å². The molecule has 0 fully saturated rings. The van der Waals surface area contributed by atoms with Gasteiger partial charge in [-0.05, 0) is 18.6 Å². The first kappa shape index (κ1) is 14.1. The molecule has 0 amide bonds. The molecule has 1 heterocycles. The van der Waals surface area contributed by atoms with E-state index in [9.17, 15) is 9.59 Å². The highest BCUT2D eigenvalue weighted by Gasteiger charge is 2.12. The van der Waals surface area contributed by atoms with Crippen molar-refractivity contribution in [2.24, 2.45) is 0 Å². The number of aromatic carboxylic acids is 2. The van der Waals surface area contributed by atoms with E-state index in [2.05, 4.69) is 4.42 Å². The molecule has 0 saturated heterocycles. The fourth-order valence-corrected chi connectivity index (χ4v) is 0.638. The van der Waals surface area contributed by atoms with E-state index in [0.717, 1.165) is 12.1 Å². The van der Waals surface area contributed by atoms with Crippen LogP contribution in [-0.4, -0.2) is 45.6 Å². The van der Waals surface area contributed by atoms with Gasteiger partial charge < -0.3 is 24.8 Å². The van der Waals surface area contributed by atoms with Gasteiger partial charge in [-0.1, -0.05) is 0 Å². The molecule has 16 heavy (non-hydrogen) atoms. The highest BCUT2D eigenvalue weighted by atomic mass is 16.4. The van der Waals surface area contributed by atoms with Crippen molar-refractivity contribution in [1.82, 2.24) is 0 Å². The van der Waals surface area contributed by atoms with Gasteiger partial charge in [0.1, 0.15) is 0 Å². The first-order chi connectivity index (χ1) is 7.52. The predicted octanol–water partition coefficient (Wildman–Crippen LogP) is 0.0371. The number of furan rings is 1. The maximum Gasteiger partial charge on any atom is 0.371 e. The Morgan fingerprint density at radius 2 is 1.38 bits per heavy atom. The highest BCUT2D eigenvalue weighted by Crippen LogP contribution is 2.06. The molecule has 0 unspecified atom stereocenters. The maximum absolute atomic E-state index is 10.2. The Hall–Kier alpha value is -1.86. The molecule has 0 aromatic carbocycles. The third kappa shape index (κ3) is 5.13. The van der Waals surface area contributed by atoms with Crippen LogP contribution in [-0.2, 0) is 0 Å². The van der Waals surface area contributed by atoms with E-state index in [1.54, 1.807) is 0 Å². The van der Waals surface area contributed by atoms with Crippen molar-refractivity contribution >= 4 is 11.9 Å². The summed E-state index contributed by atoms with van der Waals surface area (Å²) in [7, 11) is 0. The molecule has 7 heteroatoms. The summed E-state index contributed by atoms with van der Waals surface area (Å²) in [4.78, 5) is 20.3. The normalized spacial score (nSPS) is 9.12. The van der Waals surface area contributed by atoms with Crippen molar-refractivity contribution in [3.63, 3.8) is 0 Å². The number of carboxylic acid groups (broad SMARTS) is 2.